The van der Waals surface area contributed by atoms with Crippen molar-refractivity contribution in [2.45, 2.75) is 12.8 Å². The van der Waals surface area contributed by atoms with E-state index in [1.165, 1.54) is 6.42 Å². The lowest BCUT2D eigenvalue weighted by Gasteiger charge is -2.07. The number of imidazole rings is 1. The molecule has 1 N–H and O–H groups in total. The maximum atomic E-state index is 4.50. The van der Waals surface area contributed by atoms with Gasteiger partial charge in [0, 0.05) is 25.6 Å². The van der Waals surface area contributed by atoms with E-state index in [0.29, 0.717) is 5.92 Å². The first-order chi connectivity index (χ1) is 8.83. The summed E-state index contributed by atoms with van der Waals surface area (Å²) in [7, 11) is 1.96. The fourth-order valence-corrected chi connectivity index (χ4v) is 2.37. The molecule has 1 unspecified atom stereocenters. The van der Waals surface area contributed by atoms with Crippen molar-refractivity contribution < 1.29 is 0 Å². The highest BCUT2D eigenvalue weighted by molar-refractivity contribution is 5.47. The number of hydrogen-bond donors (Lipinski definition) is 1. The van der Waals surface area contributed by atoms with Crippen LogP contribution in [0.25, 0.3) is 11.5 Å². The molecular formula is C13H17N5. The van der Waals surface area contributed by atoms with Gasteiger partial charge in [-0.05, 0) is 31.8 Å². The topological polar surface area (TPSA) is 55.6 Å². The van der Waals surface area contributed by atoms with Crippen molar-refractivity contribution in [1.29, 1.82) is 0 Å². The smallest absolute Gasteiger partial charge is 0.159 e. The van der Waals surface area contributed by atoms with Gasteiger partial charge in [-0.15, -0.1) is 0 Å². The molecule has 0 amide bonds. The van der Waals surface area contributed by atoms with Crippen molar-refractivity contribution in [3.8, 4) is 11.5 Å². The Labute approximate surface area is 106 Å². The second kappa shape index (κ2) is 4.86. The molecule has 94 valence electrons. The number of hydrogen-bond acceptors (Lipinski definition) is 4. The lowest BCUT2D eigenvalue weighted by Crippen LogP contribution is -2.11. The monoisotopic (exact) mass is 243 g/mol. The summed E-state index contributed by atoms with van der Waals surface area (Å²) in [5.74, 6) is 1.56. The van der Waals surface area contributed by atoms with Gasteiger partial charge >= 0.3 is 0 Å². The zero-order chi connectivity index (χ0) is 12.4. The number of nitrogens with one attached hydrogen (secondary N) is 1. The van der Waals surface area contributed by atoms with Crippen molar-refractivity contribution in [3.63, 3.8) is 0 Å². The van der Waals surface area contributed by atoms with Gasteiger partial charge in [-0.1, -0.05) is 0 Å². The van der Waals surface area contributed by atoms with Crippen molar-refractivity contribution in [3.05, 3.63) is 30.5 Å². The fraction of sp³-hybridized carbons (Fsp3) is 0.462. The summed E-state index contributed by atoms with van der Waals surface area (Å²) >= 11 is 0. The van der Waals surface area contributed by atoms with E-state index in [9.17, 15) is 0 Å². The number of nitrogens with zero attached hydrogens (tertiary/aromatic N) is 4. The minimum absolute atomic E-state index is 0.707. The van der Waals surface area contributed by atoms with Crippen LogP contribution in [0.2, 0.25) is 0 Å². The second-order valence-electron chi connectivity index (χ2n) is 4.82. The van der Waals surface area contributed by atoms with Crippen LogP contribution in [0, 0.1) is 5.92 Å². The third-order valence-electron chi connectivity index (χ3n) is 3.42. The van der Waals surface area contributed by atoms with Crippen LogP contribution in [0.3, 0.4) is 0 Å². The summed E-state index contributed by atoms with van der Waals surface area (Å²) in [4.78, 5) is 13.2. The molecule has 1 atom stereocenters. The van der Waals surface area contributed by atoms with Gasteiger partial charge in [0.1, 0.15) is 5.69 Å². The Morgan fingerprint density at radius 3 is 2.89 bits per heavy atom. The van der Waals surface area contributed by atoms with Crippen LogP contribution >= 0.6 is 0 Å². The molecule has 2 aromatic heterocycles. The molecule has 18 heavy (non-hydrogen) atoms. The van der Waals surface area contributed by atoms with E-state index in [1.54, 1.807) is 6.20 Å². The van der Waals surface area contributed by atoms with Gasteiger partial charge in [0.2, 0.25) is 0 Å². The van der Waals surface area contributed by atoms with Gasteiger partial charge in [-0.2, -0.15) is 0 Å². The van der Waals surface area contributed by atoms with E-state index in [4.69, 9.17) is 0 Å². The molecule has 1 fully saturated rings. The molecule has 3 heterocycles. The second-order valence-corrected chi connectivity index (χ2v) is 4.82. The standard InChI is InChI=1S/C13H17N5/c1-18-5-4-15-13(18)12-9-16-11(8-17-12)6-10-2-3-14-7-10/h4-5,8-10,14H,2-3,6-7H2,1H3. The minimum Gasteiger partial charge on any atom is -0.333 e. The summed E-state index contributed by atoms with van der Waals surface area (Å²) in [6.45, 7) is 2.23. The van der Waals surface area contributed by atoms with Gasteiger partial charge in [0.05, 0.1) is 11.9 Å². The van der Waals surface area contributed by atoms with Crippen molar-refractivity contribution in [2.75, 3.05) is 13.1 Å². The van der Waals surface area contributed by atoms with Gasteiger partial charge in [0.15, 0.2) is 5.82 Å². The van der Waals surface area contributed by atoms with Crippen LogP contribution in [0.4, 0.5) is 0 Å². The summed E-state index contributed by atoms with van der Waals surface area (Å²) in [6, 6.07) is 0. The average molecular weight is 243 g/mol. The maximum absolute atomic E-state index is 4.50. The Kier molecular flexibility index (Phi) is 3.06. The molecule has 2 aromatic rings. The molecule has 3 rings (SSSR count). The van der Waals surface area contributed by atoms with E-state index >= 15 is 0 Å². The quantitative estimate of drug-likeness (QED) is 0.874. The zero-order valence-corrected chi connectivity index (χ0v) is 10.5. The van der Waals surface area contributed by atoms with Gasteiger partial charge in [0.25, 0.3) is 0 Å². The Balaban J connectivity index is 1.74. The van der Waals surface area contributed by atoms with E-state index in [-0.39, 0.29) is 0 Å². The van der Waals surface area contributed by atoms with E-state index < -0.39 is 0 Å². The van der Waals surface area contributed by atoms with Gasteiger partial charge < -0.3 is 9.88 Å². The van der Waals surface area contributed by atoms with Crippen LogP contribution < -0.4 is 5.32 Å². The molecule has 5 heteroatoms. The number of aryl methyl sites for hydroxylation is 1. The molecule has 1 aliphatic rings. The lowest BCUT2D eigenvalue weighted by atomic mass is 10.0. The highest BCUT2D eigenvalue weighted by Crippen LogP contribution is 2.16. The van der Waals surface area contributed by atoms with E-state index in [2.05, 4.69) is 20.3 Å². The Bertz CT molecular complexity index is 510. The molecule has 0 bridgehead atoms. The third-order valence-corrected chi connectivity index (χ3v) is 3.42. The molecule has 0 aliphatic carbocycles. The van der Waals surface area contributed by atoms with Crippen molar-refractivity contribution in [1.82, 2.24) is 24.8 Å². The molecule has 0 radical (unpaired) electrons. The first kappa shape index (κ1) is 11.3. The van der Waals surface area contributed by atoms with Crippen LogP contribution in [0.15, 0.2) is 24.8 Å². The zero-order valence-electron chi connectivity index (χ0n) is 10.5. The Morgan fingerprint density at radius 2 is 2.28 bits per heavy atom. The van der Waals surface area contributed by atoms with Crippen LogP contribution in [0.1, 0.15) is 12.1 Å². The van der Waals surface area contributed by atoms with Crippen LogP contribution in [-0.2, 0) is 13.5 Å². The Hall–Kier alpha value is -1.75. The van der Waals surface area contributed by atoms with Crippen molar-refractivity contribution >= 4 is 0 Å². The van der Waals surface area contributed by atoms with E-state index in [0.717, 1.165) is 36.7 Å². The number of aromatic nitrogens is 4. The average Bonchev–Trinajstić information content (AvgIpc) is 3.02. The number of rotatable bonds is 3. The summed E-state index contributed by atoms with van der Waals surface area (Å²) < 4.78 is 1.95. The molecule has 1 saturated heterocycles. The normalized spacial score (nSPS) is 19.3. The van der Waals surface area contributed by atoms with Crippen molar-refractivity contribution in [2.24, 2.45) is 13.0 Å². The molecule has 1 aliphatic heterocycles. The summed E-state index contributed by atoms with van der Waals surface area (Å²) in [5.41, 5.74) is 1.90. The largest absolute Gasteiger partial charge is 0.333 e. The first-order valence-electron chi connectivity index (χ1n) is 6.32. The third kappa shape index (κ3) is 2.26. The highest BCUT2D eigenvalue weighted by Gasteiger charge is 2.15. The van der Waals surface area contributed by atoms with E-state index in [1.807, 2.05) is 30.2 Å². The van der Waals surface area contributed by atoms with Gasteiger partial charge in [-0.3, -0.25) is 4.98 Å². The summed E-state index contributed by atoms with van der Waals surface area (Å²) in [6.07, 6.45) is 9.64. The maximum Gasteiger partial charge on any atom is 0.159 e. The molecular weight excluding hydrogens is 226 g/mol. The van der Waals surface area contributed by atoms with Gasteiger partial charge in [-0.25, -0.2) is 9.97 Å². The first-order valence-corrected chi connectivity index (χ1v) is 6.32. The lowest BCUT2D eigenvalue weighted by molar-refractivity contribution is 0.570. The van der Waals surface area contributed by atoms with Crippen LogP contribution in [-0.4, -0.2) is 32.6 Å². The van der Waals surface area contributed by atoms with Crippen LogP contribution in [0.5, 0.6) is 0 Å². The Morgan fingerprint density at radius 1 is 1.33 bits per heavy atom. The predicted molar refractivity (Wildman–Crippen MR) is 68.9 cm³/mol. The molecule has 0 spiro atoms. The fourth-order valence-electron chi connectivity index (χ4n) is 2.37. The molecule has 0 aromatic carbocycles. The predicted octanol–water partition coefficient (Wildman–Crippen LogP) is 1.03. The SMILES string of the molecule is Cn1ccnc1-c1cnc(CC2CCNC2)cn1. The molecule has 0 saturated carbocycles. The highest BCUT2D eigenvalue weighted by atomic mass is 15.1. The molecule has 5 nitrogen and oxygen atoms in total. The minimum atomic E-state index is 0.707. The summed E-state index contributed by atoms with van der Waals surface area (Å²) in [5, 5.41) is 3.37.